The predicted octanol–water partition coefficient (Wildman–Crippen LogP) is 2.87. The zero-order valence-corrected chi connectivity index (χ0v) is 19.4. The average molecular weight is 456 g/mol. The molecule has 0 bridgehead atoms. The molecular formula is C21H25N7O3S. The minimum atomic E-state index is -3.66. The van der Waals surface area contributed by atoms with E-state index in [0.29, 0.717) is 24.3 Å². The maximum Gasteiger partial charge on any atom is 0.244 e. The van der Waals surface area contributed by atoms with Crippen molar-refractivity contribution in [2.24, 2.45) is 0 Å². The highest BCUT2D eigenvalue weighted by atomic mass is 32.2. The van der Waals surface area contributed by atoms with Crippen LogP contribution in [0.25, 0.3) is 22.1 Å². The second-order valence-corrected chi connectivity index (χ2v) is 9.85. The van der Waals surface area contributed by atoms with Crippen LogP contribution in [0.1, 0.15) is 16.8 Å². The second-order valence-electron chi connectivity index (χ2n) is 7.73. The number of anilines is 2. The van der Waals surface area contributed by atoms with Crippen molar-refractivity contribution < 1.29 is 13.0 Å². The molecule has 1 aromatic carbocycles. The van der Waals surface area contributed by atoms with Crippen LogP contribution in [0.15, 0.2) is 33.8 Å². The summed E-state index contributed by atoms with van der Waals surface area (Å²) in [6.45, 7) is 7.26. The van der Waals surface area contributed by atoms with Crippen LogP contribution in [0.5, 0.6) is 0 Å². The van der Waals surface area contributed by atoms with Crippen LogP contribution in [0.2, 0.25) is 0 Å². The molecule has 4 aromatic rings. The highest BCUT2D eigenvalue weighted by Gasteiger charge is 2.24. The van der Waals surface area contributed by atoms with E-state index in [-0.39, 0.29) is 10.4 Å². The first-order valence-electron chi connectivity index (χ1n) is 10.1. The van der Waals surface area contributed by atoms with Gasteiger partial charge in [0.15, 0.2) is 16.7 Å². The lowest BCUT2D eigenvalue weighted by Crippen LogP contribution is -2.22. The van der Waals surface area contributed by atoms with Crippen molar-refractivity contribution in [2.75, 3.05) is 37.8 Å². The largest absolute Gasteiger partial charge is 0.381 e. The zero-order chi connectivity index (χ0) is 23.0. The Balaban J connectivity index is 1.47. The standard InChI is InChI=1S/C21H25N7O3S/c1-12-13(2)15-6-9-18(25-21(15)24-14(12)3)23-11-10-22-16-7-8-17(32(29,30)28(4)5)20-19(16)26-31-27-20/h6-9,22H,10-11H2,1-5H3,(H,23,24,25). The Morgan fingerprint density at radius 3 is 2.38 bits per heavy atom. The Bertz CT molecular complexity index is 1410. The lowest BCUT2D eigenvalue weighted by atomic mass is 10.1. The molecule has 32 heavy (non-hydrogen) atoms. The number of pyridine rings is 2. The number of nitrogens with zero attached hydrogens (tertiary/aromatic N) is 5. The maximum atomic E-state index is 12.5. The van der Waals surface area contributed by atoms with Crippen LogP contribution in [-0.2, 0) is 10.0 Å². The third-order valence-electron chi connectivity index (χ3n) is 5.54. The molecule has 0 aliphatic rings. The topological polar surface area (TPSA) is 126 Å². The van der Waals surface area contributed by atoms with Crippen LogP contribution >= 0.6 is 0 Å². The number of hydrogen-bond donors (Lipinski definition) is 2. The SMILES string of the molecule is Cc1nc2nc(NCCNc3ccc(S(=O)(=O)N(C)C)c4nonc34)ccc2c(C)c1C. The number of aryl methyl sites for hydroxylation is 2. The third-order valence-corrected chi connectivity index (χ3v) is 7.39. The third kappa shape index (κ3) is 3.84. The second kappa shape index (κ2) is 8.32. The molecule has 0 spiro atoms. The first-order chi connectivity index (χ1) is 15.2. The van der Waals surface area contributed by atoms with Gasteiger partial charge in [0.25, 0.3) is 0 Å². The van der Waals surface area contributed by atoms with Gasteiger partial charge in [0.05, 0.1) is 5.69 Å². The van der Waals surface area contributed by atoms with Gasteiger partial charge in [-0.25, -0.2) is 27.3 Å². The Kier molecular flexibility index (Phi) is 5.70. The molecule has 11 heteroatoms. The minimum Gasteiger partial charge on any atom is -0.381 e. The van der Waals surface area contributed by atoms with Crippen LogP contribution in [-0.4, -0.2) is 60.2 Å². The van der Waals surface area contributed by atoms with E-state index in [0.717, 1.165) is 26.9 Å². The molecule has 0 saturated heterocycles. The number of nitrogens with one attached hydrogen (secondary N) is 2. The first kappa shape index (κ1) is 21.9. The Labute approximate surface area is 186 Å². The van der Waals surface area contributed by atoms with Gasteiger partial charge in [0, 0.05) is 38.3 Å². The van der Waals surface area contributed by atoms with Gasteiger partial charge >= 0.3 is 0 Å². The summed E-state index contributed by atoms with van der Waals surface area (Å²) < 4.78 is 30.9. The summed E-state index contributed by atoms with van der Waals surface area (Å²) in [5.74, 6) is 0.732. The first-order valence-corrected chi connectivity index (χ1v) is 11.5. The summed E-state index contributed by atoms with van der Waals surface area (Å²) in [4.78, 5) is 9.27. The van der Waals surface area contributed by atoms with E-state index >= 15 is 0 Å². The number of rotatable bonds is 7. The molecule has 3 aromatic heterocycles. The van der Waals surface area contributed by atoms with Crippen molar-refractivity contribution in [3.63, 3.8) is 0 Å². The summed E-state index contributed by atoms with van der Waals surface area (Å²) in [5.41, 5.74) is 5.27. The number of hydrogen-bond acceptors (Lipinski definition) is 9. The van der Waals surface area contributed by atoms with Crippen molar-refractivity contribution in [1.82, 2.24) is 24.6 Å². The predicted molar refractivity (Wildman–Crippen MR) is 123 cm³/mol. The fourth-order valence-corrected chi connectivity index (χ4v) is 4.43. The number of sulfonamides is 1. The number of benzene rings is 1. The van der Waals surface area contributed by atoms with Gasteiger partial charge in [0.2, 0.25) is 10.0 Å². The van der Waals surface area contributed by atoms with E-state index in [9.17, 15) is 8.42 Å². The van der Waals surface area contributed by atoms with E-state index in [1.807, 2.05) is 19.1 Å². The van der Waals surface area contributed by atoms with E-state index < -0.39 is 10.0 Å². The zero-order valence-electron chi connectivity index (χ0n) is 18.6. The highest BCUT2D eigenvalue weighted by molar-refractivity contribution is 7.89. The van der Waals surface area contributed by atoms with E-state index in [2.05, 4.69) is 44.8 Å². The van der Waals surface area contributed by atoms with Gasteiger partial charge in [-0.2, -0.15) is 0 Å². The van der Waals surface area contributed by atoms with E-state index in [4.69, 9.17) is 4.63 Å². The minimum absolute atomic E-state index is 0.0520. The average Bonchev–Trinajstić information content (AvgIpc) is 3.25. The number of aromatic nitrogens is 4. The lowest BCUT2D eigenvalue weighted by Gasteiger charge is -2.13. The summed E-state index contributed by atoms with van der Waals surface area (Å²) in [5, 5.41) is 15.2. The molecule has 2 N–H and O–H groups in total. The van der Waals surface area contributed by atoms with Crippen LogP contribution in [0.3, 0.4) is 0 Å². The van der Waals surface area contributed by atoms with Gasteiger partial charge in [-0.15, -0.1) is 0 Å². The van der Waals surface area contributed by atoms with Crippen molar-refractivity contribution in [3.05, 3.63) is 41.1 Å². The smallest absolute Gasteiger partial charge is 0.244 e. The molecule has 10 nitrogen and oxygen atoms in total. The quantitative estimate of drug-likeness (QED) is 0.404. The van der Waals surface area contributed by atoms with E-state index in [1.54, 1.807) is 6.07 Å². The molecule has 0 radical (unpaired) electrons. The van der Waals surface area contributed by atoms with E-state index in [1.165, 1.54) is 31.3 Å². The fraction of sp³-hybridized carbons (Fsp3) is 0.333. The monoisotopic (exact) mass is 455 g/mol. The van der Waals surface area contributed by atoms with Crippen LogP contribution < -0.4 is 10.6 Å². The summed E-state index contributed by atoms with van der Waals surface area (Å²) in [6, 6.07) is 7.13. The molecule has 168 valence electrons. The normalized spacial score (nSPS) is 12.1. The summed E-state index contributed by atoms with van der Waals surface area (Å²) in [6.07, 6.45) is 0. The van der Waals surface area contributed by atoms with Crippen molar-refractivity contribution in [2.45, 2.75) is 25.7 Å². The molecule has 4 rings (SSSR count). The van der Waals surface area contributed by atoms with Gasteiger partial charge in [-0.05, 0) is 66.5 Å². The van der Waals surface area contributed by atoms with Gasteiger partial charge in [0.1, 0.15) is 10.7 Å². The number of fused-ring (bicyclic) bond motifs is 2. The molecule has 0 aliphatic carbocycles. The Morgan fingerprint density at radius 1 is 0.906 bits per heavy atom. The molecule has 0 saturated carbocycles. The van der Waals surface area contributed by atoms with Crippen molar-refractivity contribution in [1.29, 1.82) is 0 Å². The van der Waals surface area contributed by atoms with Crippen molar-refractivity contribution in [3.8, 4) is 0 Å². The molecule has 0 fully saturated rings. The van der Waals surface area contributed by atoms with Crippen molar-refractivity contribution >= 4 is 43.6 Å². The Morgan fingerprint density at radius 2 is 1.62 bits per heavy atom. The van der Waals surface area contributed by atoms with Gasteiger partial charge in [-0.1, -0.05) is 0 Å². The van der Waals surface area contributed by atoms with Crippen LogP contribution in [0, 0.1) is 20.8 Å². The molecule has 0 amide bonds. The summed E-state index contributed by atoms with van der Waals surface area (Å²) >= 11 is 0. The lowest BCUT2D eigenvalue weighted by molar-refractivity contribution is 0.315. The molecule has 0 aliphatic heterocycles. The van der Waals surface area contributed by atoms with Gasteiger partial charge < -0.3 is 10.6 Å². The van der Waals surface area contributed by atoms with Gasteiger partial charge in [-0.3, -0.25) is 0 Å². The molecule has 3 heterocycles. The Hall–Kier alpha value is -3.31. The van der Waals surface area contributed by atoms with Crippen LogP contribution in [0.4, 0.5) is 11.5 Å². The highest BCUT2D eigenvalue weighted by Crippen LogP contribution is 2.28. The molecule has 0 atom stereocenters. The summed E-state index contributed by atoms with van der Waals surface area (Å²) in [7, 11) is -0.732. The fourth-order valence-electron chi connectivity index (χ4n) is 3.42. The molecule has 0 unspecified atom stereocenters. The molecular weight excluding hydrogens is 430 g/mol. The maximum absolute atomic E-state index is 12.5.